The highest BCUT2D eigenvalue weighted by Crippen LogP contribution is 2.10. The number of aromatic nitrogens is 2. The summed E-state index contributed by atoms with van der Waals surface area (Å²) in [5.41, 5.74) is 2.43. The average molecular weight is 281 g/mol. The number of hydrogen-bond donors (Lipinski definition) is 2. The molecular formula is C16H19N5. The molecule has 1 aromatic carbocycles. The lowest BCUT2D eigenvalue weighted by Gasteiger charge is -2.13. The molecule has 21 heavy (non-hydrogen) atoms. The molecule has 5 heteroatoms. The molecule has 0 aliphatic rings. The fourth-order valence-electron chi connectivity index (χ4n) is 1.99. The molecule has 0 atom stereocenters. The van der Waals surface area contributed by atoms with Gasteiger partial charge >= 0.3 is 0 Å². The molecule has 0 unspecified atom stereocenters. The monoisotopic (exact) mass is 281 g/mol. The molecule has 0 saturated heterocycles. The lowest BCUT2D eigenvalue weighted by atomic mass is 10.1. The van der Waals surface area contributed by atoms with E-state index in [1.54, 1.807) is 13.2 Å². The summed E-state index contributed by atoms with van der Waals surface area (Å²) in [6, 6.07) is 10.2. The molecular weight excluding hydrogens is 262 g/mol. The minimum atomic E-state index is 0.453. The van der Waals surface area contributed by atoms with Gasteiger partial charge in [0.05, 0.1) is 13.1 Å². The first-order valence-electron chi connectivity index (χ1n) is 6.75. The van der Waals surface area contributed by atoms with Crippen LogP contribution in [0.4, 0.5) is 0 Å². The first-order valence-corrected chi connectivity index (χ1v) is 6.75. The fraction of sp³-hybridized carbons (Fsp3) is 0.250. The van der Waals surface area contributed by atoms with E-state index in [0.717, 1.165) is 6.54 Å². The van der Waals surface area contributed by atoms with Crippen LogP contribution in [0.1, 0.15) is 11.1 Å². The highest BCUT2D eigenvalue weighted by atomic mass is 15.3. The molecule has 1 aromatic heterocycles. The Morgan fingerprint density at radius 1 is 1.29 bits per heavy atom. The van der Waals surface area contributed by atoms with Gasteiger partial charge in [0.25, 0.3) is 0 Å². The van der Waals surface area contributed by atoms with E-state index < -0.39 is 0 Å². The summed E-state index contributed by atoms with van der Waals surface area (Å²) in [5.74, 6) is 3.22. The van der Waals surface area contributed by atoms with Crippen LogP contribution >= 0.6 is 0 Å². The van der Waals surface area contributed by atoms with Crippen LogP contribution < -0.4 is 10.6 Å². The van der Waals surface area contributed by atoms with E-state index in [2.05, 4.69) is 38.8 Å². The maximum absolute atomic E-state index is 5.23. The molecule has 2 rings (SSSR count). The van der Waals surface area contributed by atoms with E-state index >= 15 is 0 Å². The van der Waals surface area contributed by atoms with Crippen LogP contribution in [-0.2, 0) is 13.1 Å². The molecule has 0 spiro atoms. The molecule has 0 amide bonds. The third-order valence-corrected chi connectivity index (χ3v) is 3.04. The van der Waals surface area contributed by atoms with Gasteiger partial charge in [-0.05, 0) is 17.2 Å². The molecule has 108 valence electrons. The van der Waals surface area contributed by atoms with Gasteiger partial charge in [-0.1, -0.05) is 30.2 Å². The Bertz CT molecular complexity index is 622. The van der Waals surface area contributed by atoms with E-state index in [1.165, 1.54) is 11.1 Å². The second-order valence-electron chi connectivity index (χ2n) is 4.46. The summed E-state index contributed by atoms with van der Waals surface area (Å²) in [5, 5.41) is 10.5. The maximum Gasteiger partial charge on any atom is 0.192 e. The van der Waals surface area contributed by atoms with Crippen LogP contribution in [0.2, 0.25) is 0 Å². The summed E-state index contributed by atoms with van der Waals surface area (Å²) >= 11 is 0. The van der Waals surface area contributed by atoms with Gasteiger partial charge in [-0.15, -0.1) is 6.42 Å². The van der Waals surface area contributed by atoms with Gasteiger partial charge < -0.3 is 10.6 Å². The predicted octanol–water partition coefficient (Wildman–Crippen LogP) is 1.23. The lowest BCUT2D eigenvalue weighted by Crippen LogP contribution is -2.37. The average Bonchev–Trinajstić information content (AvgIpc) is 3.02. The van der Waals surface area contributed by atoms with Gasteiger partial charge in [0.2, 0.25) is 0 Å². The largest absolute Gasteiger partial charge is 0.352 e. The van der Waals surface area contributed by atoms with Crippen molar-refractivity contribution in [3.63, 3.8) is 0 Å². The number of aliphatic imine (C=N–C) groups is 1. The second-order valence-corrected chi connectivity index (χ2v) is 4.46. The van der Waals surface area contributed by atoms with Gasteiger partial charge in [-0.25, -0.2) is 0 Å². The molecule has 0 fully saturated rings. The van der Waals surface area contributed by atoms with Gasteiger partial charge in [-0.2, -0.15) is 5.10 Å². The van der Waals surface area contributed by atoms with Crippen molar-refractivity contribution in [2.24, 2.45) is 4.99 Å². The Hall–Kier alpha value is -2.74. The molecule has 2 N–H and O–H groups in total. The number of rotatable bonds is 5. The molecule has 2 aromatic rings. The van der Waals surface area contributed by atoms with Crippen LogP contribution in [0.5, 0.6) is 0 Å². The molecule has 0 aliphatic heterocycles. The Labute approximate surface area is 125 Å². The third kappa shape index (κ3) is 4.39. The fourth-order valence-corrected chi connectivity index (χ4v) is 1.99. The van der Waals surface area contributed by atoms with E-state index in [4.69, 9.17) is 6.42 Å². The Kier molecular flexibility index (Phi) is 5.41. The first-order chi connectivity index (χ1) is 10.3. The topological polar surface area (TPSA) is 54.2 Å². The lowest BCUT2D eigenvalue weighted by molar-refractivity contribution is 0.678. The molecule has 0 bridgehead atoms. The normalized spacial score (nSPS) is 11.0. The van der Waals surface area contributed by atoms with Crippen LogP contribution in [-0.4, -0.2) is 29.3 Å². The second kappa shape index (κ2) is 7.75. The summed E-state index contributed by atoms with van der Waals surface area (Å²) < 4.78 is 1.91. The van der Waals surface area contributed by atoms with E-state index in [9.17, 15) is 0 Å². The quantitative estimate of drug-likeness (QED) is 0.492. The van der Waals surface area contributed by atoms with Crippen molar-refractivity contribution in [1.29, 1.82) is 0 Å². The van der Waals surface area contributed by atoms with Crippen molar-refractivity contribution >= 4 is 5.96 Å². The van der Waals surface area contributed by atoms with Crippen molar-refractivity contribution in [3.8, 4) is 12.3 Å². The van der Waals surface area contributed by atoms with Crippen molar-refractivity contribution in [1.82, 2.24) is 20.4 Å². The molecule has 1 heterocycles. The summed E-state index contributed by atoms with van der Waals surface area (Å²) in [6.45, 7) is 1.89. The SMILES string of the molecule is C#CCNC(=NC)NCc1ccccc1Cn1cccn1. The number of hydrogen-bond acceptors (Lipinski definition) is 2. The number of terminal acetylenes is 1. The standard InChI is InChI=1S/C16H19N5/c1-3-9-18-16(17-2)19-12-14-7-4-5-8-15(14)13-21-11-6-10-20-21/h1,4-8,10-11H,9,12-13H2,2H3,(H2,17,18,19). The zero-order valence-electron chi connectivity index (χ0n) is 12.1. The molecule has 0 aliphatic carbocycles. The smallest absolute Gasteiger partial charge is 0.192 e. The maximum atomic E-state index is 5.23. The van der Waals surface area contributed by atoms with Gasteiger partial charge in [0.15, 0.2) is 5.96 Å². The summed E-state index contributed by atoms with van der Waals surface area (Å²) in [4.78, 5) is 4.13. The number of nitrogens with one attached hydrogen (secondary N) is 2. The Balaban J connectivity index is 2.01. The van der Waals surface area contributed by atoms with Gasteiger partial charge in [-0.3, -0.25) is 9.67 Å². The zero-order valence-corrected chi connectivity index (χ0v) is 12.1. The van der Waals surface area contributed by atoms with Gasteiger partial charge in [0.1, 0.15) is 0 Å². The van der Waals surface area contributed by atoms with E-state index in [-0.39, 0.29) is 0 Å². The Morgan fingerprint density at radius 3 is 2.76 bits per heavy atom. The van der Waals surface area contributed by atoms with Crippen LogP contribution in [0, 0.1) is 12.3 Å². The zero-order chi connectivity index (χ0) is 14.9. The molecule has 0 saturated carbocycles. The van der Waals surface area contributed by atoms with Crippen LogP contribution in [0.25, 0.3) is 0 Å². The number of guanidine groups is 1. The minimum Gasteiger partial charge on any atom is -0.352 e. The molecule has 5 nitrogen and oxygen atoms in total. The van der Waals surface area contributed by atoms with Crippen molar-refractivity contribution in [3.05, 3.63) is 53.9 Å². The number of nitrogens with zero attached hydrogens (tertiary/aromatic N) is 3. The highest BCUT2D eigenvalue weighted by molar-refractivity contribution is 5.79. The van der Waals surface area contributed by atoms with Crippen LogP contribution in [0.3, 0.4) is 0 Å². The third-order valence-electron chi connectivity index (χ3n) is 3.04. The van der Waals surface area contributed by atoms with Crippen LogP contribution in [0.15, 0.2) is 47.7 Å². The van der Waals surface area contributed by atoms with Crippen molar-refractivity contribution in [2.75, 3.05) is 13.6 Å². The first kappa shape index (κ1) is 14.7. The minimum absolute atomic E-state index is 0.453. The predicted molar refractivity (Wildman–Crippen MR) is 84.8 cm³/mol. The van der Waals surface area contributed by atoms with Gasteiger partial charge in [0, 0.05) is 26.0 Å². The molecule has 0 radical (unpaired) electrons. The van der Waals surface area contributed by atoms with E-state index in [1.807, 2.05) is 29.1 Å². The number of benzene rings is 1. The van der Waals surface area contributed by atoms with Crippen molar-refractivity contribution < 1.29 is 0 Å². The van der Waals surface area contributed by atoms with Crippen molar-refractivity contribution in [2.45, 2.75) is 13.1 Å². The Morgan fingerprint density at radius 2 is 2.10 bits per heavy atom. The summed E-state index contributed by atoms with van der Waals surface area (Å²) in [7, 11) is 1.72. The summed E-state index contributed by atoms with van der Waals surface area (Å²) in [6.07, 6.45) is 8.97. The highest BCUT2D eigenvalue weighted by Gasteiger charge is 2.04. The van der Waals surface area contributed by atoms with E-state index in [0.29, 0.717) is 19.0 Å².